The summed E-state index contributed by atoms with van der Waals surface area (Å²) >= 11 is 0. The molecule has 1 aliphatic rings. The van der Waals surface area contributed by atoms with Crippen molar-refractivity contribution in [2.24, 2.45) is 0 Å². The van der Waals surface area contributed by atoms with E-state index in [1.54, 1.807) is 4.90 Å². The first-order chi connectivity index (χ1) is 8.63. The first-order valence-electron chi connectivity index (χ1n) is 6.21. The highest BCUT2D eigenvalue weighted by atomic mass is 16.5. The van der Waals surface area contributed by atoms with Crippen molar-refractivity contribution in [1.82, 2.24) is 4.90 Å². The van der Waals surface area contributed by atoms with Gasteiger partial charge >= 0.3 is 0 Å². The normalized spacial score (nSPS) is 19.9. The van der Waals surface area contributed by atoms with Crippen LogP contribution in [0.25, 0.3) is 0 Å². The molecule has 1 heterocycles. The molecule has 0 spiro atoms. The van der Waals surface area contributed by atoms with Crippen LogP contribution in [0.1, 0.15) is 21.5 Å². The molecule has 0 aliphatic carbocycles. The van der Waals surface area contributed by atoms with Gasteiger partial charge in [-0.3, -0.25) is 4.79 Å². The van der Waals surface area contributed by atoms with E-state index in [0.29, 0.717) is 19.7 Å². The largest absolute Gasteiger partial charge is 0.394 e. The molecule has 1 saturated heterocycles. The number of nitrogens with zero attached hydrogens (tertiary/aromatic N) is 1. The molecular weight excluding hydrogens is 230 g/mol. The number of morpholine rings is 1. The van der Waals surface area contributed by atoms with Gasteiger partial charge < -0.3 is 14.7 Å². The molecule has 1 N–H and O–H groups in total. The summed E-state index contributed by atoms with van der Waals surface area (Å²) in [6.45, 7) is 5.46. The van der Waals surface area contributed by atoms with E-state index < -0.39 is 0 Å². The molecule has 2 rings (SSSR count). The molecule has 0 saturated carbocycles. The number of carbonyl (C=O) groups excluding carboxylic acids is 1. The highest BCUT2D eigenvalue weighted by molar-refractivity contribution is 5.96. The number of benzene rings is 1. The fraction of sp³-hybridized carbons (Fsp3) is 0.500. The zero-order chi connectivity index (χ0) is 13.1. The van der Waals surface area contributed by atoms with Crippen LogP contribution in [-0.4, -0.2) is 48.3 Å². The quantitative estimate of drug-likeness (QED) is 0.855. The molecule has 1 aromatic rings. The van der Waals surface area contributed by atoms with Gasteiger partial charge in [0.15, 0.2) is 0 Å². The fourth-order valence-electron chi connectivity index (χ4n) is 2.17. The lowest BCUT2D eigenvalue weighted by Gasteiger charge is -2.32. The summed E-state index contributed by atoms with van der Waals surface area (Å²) in [6.07, 6.45) is -0.257. The van der Waals surface area contributed by atoms with Gasteiger partial charge in [0.1, 0.15) is 0 Å². The maximum Gasteiger partial charge on any atom is 0.254 e. The van der Waals surface area contributed by atoms with Gasteiger partial charge in [-0.2, -0.15) is 0 Å². The monoisotopic (exact) mass is 249 g/mol. The molecule has 1 amide bonds. The number of rotatable bonds is 2. The van der Waals surface area contributed by atoms with E-state index in [0.717, 1.165) is 16.7 Å². The smallest absolute Gasteiger partial charge is 0.254 e. The van der Waals surface area contributed by atoms with Crippen LogP contribution in [0.2, 0.25) is 0 Å². The van der Waals surface area contributed by atoms with E-state index in [4.69, 9.17) is 9.84 Å². The number of carbonyl (C=O) groups is 1. The molecule has 4 nitrogen and oxygen atoms in total. The molecule has 98 valence electrons. The van der Waals surface area contributed by atoms with Gasteiger partial charge in [0.25, 0.3) is 5.91 Å². The second kappa shape index (κ2) is 5.50. The first kappa shape index (κ1) is 13.1. The zero-order valence-electron chi connectivity index (χ0n) is 10.8. The van der Waals surface area contributed by atoms with Crippen LogP contribution in [0.5, 0.6) is 0 Å². The summed E-state index contributed by atoms with van der Waals surface area (Å²) in [5, 5.41) is 9.10. The molecule has 0 bridgehead atoms. The number of aryl methyl sites for hydroxylation is 1. The van der Waals surface area contributed by atoms with Gasteiger partial charge in [-0.25, -0.2) is 0 Å². The lowest BCUT2D eigenvalue weighted by molar-refractivity contribution is -0.0447. The number of amides is 1. The first-order valence-corrected chi connectivity index (χ1v) is 6.21. The zero-order valence-corrected chi connectivity index (χ0v) is 10.8. The lowest BCUT2D eigenvalue weighted by Crippen LogP contribution is -2.47. The van der Waals surface area contributed by atoms with Gasteiger partial charge in [0.05, 0.1) is 19.3 Å². The third kappa shape index (κ3) is 2.54. The van der Waals surface area contributed by atoms with Crippen molar-refractivity contribution in [2.45, 2.75) is 20.0 Å². The van der Waals surface area contributed by atoms with E-state index in [9.17, 15) is 4.79 Å². The topological polar surface area (TPSA) is 49.8 Å². The molecule has 1 fully saturated rings. The van der Waals surface area contributed by atoms with Crippen LogP contribution in [-0.2, 0) is 4.74 Å². The average molecular weight is 249 g/mol. The molecule has 1 atom stereocenters. The maximum atomic E-state index is 12.4. The predicted molar refractivity (Wildman–Crippen MR) is 68.6 cm³/mol. The van der Waals surface area contributed by atoms with Crippen LogP contribution in [0, 0.1) is 13.8 Å². The molecule has 0 radical (unpaired) electrons. The minimum absolute atomic E-state index is 0.0259. The number of hydrogen-bond donors (Lipinski definition) is 1. The fourth-order valence-corrected chi connectivity index (χ4v) is 2.17. The van der Waals surface area contributed by atoms with Crippen LogP contribution in [0.3, 0.4) is 0 Å². The van der Waals surface area contributed by atoms with Gasteiger partial charge in [-0.05, 0) is 31.0 Å². The van der Waals surface area contributed by atoms with Gasteiger partial charge in [-0.15, -0.1) is 0 Å². The van der Waals surface area contributed by atoms with Gasteiger partial charge in [-0.1, -0.05) is 12.1 Å². The molecule has 1 aromatic carbocycles. The molecule has 0 aromatic heterocycles. The standard InChI is InChI=1S/C14H19NO3/c1-10-4-3-5-13(11(10)2)14(17)15-6-7-18-12(8-15)9-16/h3-5,12,16H,6-9H2,1-2H3. The minimum atomic E-state index is -0.257. The van der Waals surface area contributed by atoms with Crippen LogP contribution < -0.4 is 0 Å². The molecule has 4 heteroatoms. The number of aliphatic hydroxyl groups is 1. The molecule has 1 aliphatic heterocycles. The van der Waals surface area contributed by atoms with Crippen LogP contribution >= 0.6 is 0 Å². The second-order valence-electron chi connectivity index (χ2n) is 4.67. The second-order valence-corrected chi connectivity index (χ2v) is 4.67. The Morgan fingerprint density at radius 3 is 3.00 bits per heavy atom. The van der Waals surface area contributed by atoms with Crippen molar-refractivity contribution < 1.29 is 14.6 Å². The van der Waals surface area contributed by atoms with Crippen LogP contribution in [0.4, 0.5) is 0 Å². The van der Waals surface area contributed by atoms with E-state index in [-0.39, 0.29) is 18.6 Å². The summed E-state index contributed by atoms with van der Waals surface area (Å²) in [4.78, 5) is 14.2. The maximum absolute atomic E-state index is 12.4. The summed E-state index contributed by atoms with van der Waals surface area (Å²) in [5.41, 5.74) is 2.89. The van der Waals surface area contributed by atoms with E-state index in [1.807, 2.05) is 32.0 Å². The highest BCUT2D eigenvalue weighted by Gasteiger charge is 2.25. The Balaban J connectivity index is 2.18. The Morgan fingerprint density at radius 2 is 2.28 bits per heavy atom. The third-order valence-electron chi connectivity index (χ3n) is 3.46. The lowest BCUT2D eigenvalue weighted by atomic mass is 10.0. The van der Waals surface area contributed by atoms with Crippen molar-refractivity contribution in [1.29, 1.82) is 0 Å². The number of aliphatic hydroxyl groups excluding tert-OH is 1. The van der Waals surface area contributed by atoms with Crippen molar-refractivity contribution in [2.75, 3.05) is 26.3 Å². The number of ether oxygens (including phenoxy) is 1. The summed E-state index contributed by atoms with van der Waals surface area (Å²) in [5.74, 6) is 0.0259. The Bertz CT molecular complexity index is 445. The number of hydrogen-bond acceptors (Lipinski definition) is 3. The summed E-state index contributed by atoms with van der Waals surface area (Å²) in [6, 6.07) is 5.76. The van der Waals surface area contributed by atoms with Gasteiger partial charge in [0, 0.05) is 18.7 Å². The Hall–Kier alpha value is -1.39. The molecule has 18 heavy (non-hydrogen) atoms. The van der Waals surface area contributed by atoms with Crippen molar-refractivity contribution in [3.05, 3.63) is 34.9 Å². The van der Waals surface area contributed by atoms with Crippen molar-refractivity contribution in [3.63, 3.8) is 0 Å². The summed E-state index contributed by atoms with van der Waals surface area (Å²) in [7, 11) is 0. The van der Waals surface area contributed by atoms with Crippen molar-refractivity contribution >= 4 is 5.91 Å². The Kier molecular flexibility index (Phi) is 3.99. The van der Waals surface area contributed by atoms with Crippen LogP contribution in [0.15, 0.2) is 18.2 Å². The van der Waals surface area contributed by atoms with E-state index in [2.05, 4.69) is 0 Å². The summed E-state index contributed by atoms with van der Waals surface area (Å²) < 4.78 is 5.35. The van der Waals surface area contributed by atoms with Gasteiger partial charge in [0.2, 0.25) is 0 Å². The predicted octanol–water partition coefficient (Wildman–Crippen LogP) is 1.14. The Labute approximate surface area is 107 Å². The van der Waals surface area contributed by atoms with Crippen molar-refractivity contribution in [3.8, 4) is 0 Å². The molecular formula is C14H19NO3. The highest BCUT2D eigenvalue weighted by Crippen LogP contribution is 2.16. The Morgan fingerprint density at radius 1 is 1.50 bits per heavy atom. The minimum Gasteiger partial charge on any atom is -0.394 e. The van der Waals surface area contributed by atoms with E-state index in [1.165, 1.54) is 0 Å². The van der Waals surface area contributed by atoms with E-state index >= 15 is 0 Å². The third-order valence-corrected chi connectivity index (χ3v) is 3.46. The SMILES string of the molecule is Cc1cccc(C(=O)N2CCOC(CO)C2)c1C. The molecule has 1 unspecified atom stereocenters. The average Bonchev–Trinajstić information content (AvgIpc) is 2.41.